The van der Waals surface area contributed by atoms with Crippen LogP contribution < -0.4 is 9.64 Å². The SMILES string of the molecule is CC1Oc2ccccc2N(CCC(=O)N2CCC23CCCCC3)C1=O. The minimum absolute atomic E-state index is 0.0671. The first-order chi connectivity index (χ1) is 12.1. The number of carbonyl (C=O) groups is 2. The molecule has 2 fully saturated rings. The fourth-order valence-electron chi connectivity index (χ4n) is 4.59. The van der Waals surface area contributed by atoms with Crippen molar-refractivity contribution in [2.45, 2.75) is 63.5 Å². The lowest BCUT2D eigenvalue weighted by Gasteiger charge is -2.55. The first-order valence-electron chi connectivity index (χ1n) is 9.48. The highest BCUT2D eigenvalue weighted by Gasteiger charge is 2.47. The summed E-state index contributed by atoms with van der Waals surface area (Å²) in [5.74, 6) is 0.842. The Morgan fingerprint density at radius 2 is 1.96 bits per heavy atom. The lowest BCUT2D eigenvalue weighted by Crippen LogP contribution is -2.63. The van der Waals surface area contributed by atoms with Crippen molar-refractivity contribution in [2.75, 3.05) is 18.0 Å². The lowest BCUT2D eigenvalue weighted by atomic mass is 9.72. The first-order valence-corrected chi connectivity index (χ1v) is 9.48. The third-order valence-electron chi connectivity index (χ3n) is 6.08. The zero-order chi connectivity index (χ0) is 17.4. The van der Waals surface area contributed by atoms with Crippen LogP contribution in [0.2, 0.25) is 0 Å². The van der Waals surface area contributed by atoms with Gasteiger partial charge in [0.1, 0.15) is 5.75 Å². The molecule has 1 unspecified atom stereocenters. The highest BCUT2D eigenvalue weighted by molar-refractivity contribution is 6.00. The highest BCUT2D eigenvalue weighted by Crippen LogP contribution is 2.43. The number of anilines is 1. The van der Waals surface area contributed by atoms with E-state index in [4.69, 9.17) is 4.74 Å². The smallest absolute Gasteiger partial charge is 0.267 e. The molecule has 1 aliphatic carbocycles. The van der Waals surface area contributed by atoms with Crippen LogP contribution in [-0.4, -0.2) is 41.4 Å². The second-order valence-corrected chi connectivity index (χ2v) is 7.55. The number of nitrogens with zero attached hydrogens (tertiary/aromatic N) is 2. The zero-order valence-electron chi connectivity index (χ0n) is 14.9. The summed E-state index contributed by atoms with van der Waals surface area (Å²) in [6, 6.07) is 7.56. The Kier molecular flexibility index (Phi) is 4.18. The summed E-state index contributed by atoms with van der Waals surface area (Å²) in [6.07, 6.45) is 7.08. The molecular formula is C20H26N2O3. The Labute approximate surface area is 148 Å². The van der Waals surface area contributed by atoms with Gasteiger partial charge in [0.25, 0.3) is 5.91 Å². The fraction of sp³-hybridized carbons (Fsp3) is 0.600. The van der Waals surface area contributed by atoms with E-state index in [0.717, 1.165) is 37.2 Å². The normalized spacial score (nSPS) is 24.5. The van der Waals surface area contributed by atoms with Crippen LogP contribution >= 0.6 is 0 Å². The van der Waals surface area contributed by atoms with Crippen molar-refractivity contribution in [1.29, 1.82) is 0 Å². The van der Waals surface area contributed by atoms with E-state index in [2.05, 4.69) is 4.90 Å². The van der Waals surface area contributed by atoms with Crippen molar-refractivity contribution < 1.29 is 14.3 Å². The van der Waals surface area contributed by atoms with Crippen molar-refractivity contribution in [3.63, 3.8) is 0 Å². The Hall–Kier alpha value is -2.04. The molecule has 4 rings (SSSR count). The number of para-hydroxylation sites is 2. The molecule has 1 spiro atoms. The number of hydrogen-bond donors (Lipinski definition) is 0. The van der Waals surface area contributed by atoms with E-state index in [1.54, 1.807) is 11.8 Å². The Bertz CT molecular complexity index is 681. The summed E-state index contributed by atoms with van der Waals surface area (Å²) in [7, 11) is 0. The summed E-state index contributed by atoms with van der Waals surface area (Å²) in [5, 5.41) is 0. The van der Waals surface area contributed by atoms with Crippen LogP contribution in [0.25, 0.3) is 0 Å². The van der Waals surface area contributed by atoms with Gasteiger partial charge in [0.2, 0.25) is 5.91 Å². The van der Waals surface area contributed by atoms with Crippen molar-refractivity contribution in [3.8, 4) is 5.75 Å². The molecule has 1 atom stereocenters. The van der Waals surface area contributed by atoms with E-state index in [-0.39, 0.29) is 17.4 Å². The number of carbonyl (C=O) groups excluding carboxylic acids is 2. The average molecular weight is 342 g/mol. The van der Waals surface area contributed by atoms with Crippen LogP contribution in [0.1, 0.15) is 51.9 Å². The molecule has 2 amide bonds. The number of fused-ring (bicyclic) bond motifs is 1. The maximum Gasteiger partial charge on any atom is 0.267 e. The molecule has 2 heterocycles. The van der Waals surface area contributed by atoms with E-state index in [0.29, 0.717) is 13.0 Å². The number of likely N-dealkylation sites (tertiary alicyclic amines) is 1. The third-order valence-corrected chi connectivity index (χ3v) is 6.08. The second kappa shape index (κ2) is 6.36. The van der Waals surface area contributed by atoms with Gasteiger partial charge in [0.15, 0.2) is 6.10 Å². The molecule has 0 radical (unpaired) electrons. The minimum atomic E-state index is -0.501. The van der Waals surface area contributed by atoms with Crippen LogP contribution in [-0.2, 0) is 9.59 Å². The summed E-state index contributed by atoms with van der Waals surface area (Å²) in [5.41, 5.74) is 0.907. The van der Waals surface area contributed by atoms with E-state index < -0.39 is 6.10 Å². The molecule has 0 aromatic heterocycles. The van der Waals surface area contributed by atoms with Gasteiger partial charge in [-0.05, 0) is 38.3 Å². The van der Waals surface area contributed by atoms with E-state index in [1.807, 2.05) is 24.3 Å². The highest BCUT2D eigenvalue weighted by atomic mass is 16.5. The molecule has 3 aliphatic rings. The number of hydrogen-bond acceptors (Lipinski definition) is 3. The second-order valence-electron chi connectivity index (χ2n) is 7.55. The predicted octanol–water partition coefficient (Wildman–Crippen LogP) is 3.13. The van der Waals surface area contributed by atoms with Crippen LogP contribution in [0.4, 0.5) is 5.69 Å². The van der Waals surface area contributed by atoms with Gasteiger partial charge in [-0.25, -0.2) is 0 Å². The van der Waals surface area contributed by atoms with Crippen LogP contribution in [0.3, 0.4) is 0 Å². The van der Waals surface area contributed by atoms with E-state index >= 15 is 0 Å². The lowest BCUT2D eigenvalue weighted by molar-refractivity contribution is -0.150. The van der Waals surface area contributed by atoms with E-state index in [1.165, 1.54) is 19.3 Å². The Balaban J connectivity index is 1.44. The minimum Gasteiger partial charge on any atom is -0.479 e. The first kappa shape index (κ1) is 16.4. The molecule has 5 heteroatoms. The summed E-state index contributed by atoms with van der Waals surface area (Å²) in [6.45, 7) is 3.07. The average Bonchev–Trinajstić information content (AvgIpc) is 2.62. The summed E-state index contributed by atoms with van der Waals surface area (Å²) in [4.78, 5) is 29.1. The third kappa shape index (κ3) is 2.79. The molecule has 2 aliphatic heterocycles. The number of benzene rings is 1. The van der Waals surface area contributed by atoms with E-state index in [9.17, 15) is 9.59 Å². The number of amides is 2. The van der Waals surface area contributed by atoms with Gasteiger partial charge < -0.3 is 14.5 Å². The number of ether oxygens (including phenoxy) is 1. The van der Waals surface area contributed by atoms with Gasteiger partial charge in [0.05, 0.1) is 5.69 Å². The maximum absolute atomic E-state index is 12.8. The van der Waals surface area contributed by atoms with Crippen molar-refractivity contribution in [3.05, 3.63) is 24.3 Å². The summed E-state index contributed by atoms with van der Waals surface area (Å²) >= 11 is 0. The molecule has 1 saturated carbocycles. The molecule has 134 valence electrons. The standard InChI is InChI=1S/C20H26N2O3/c1-15-19(24)21(16-7-3-4-8-17(16)25-15)13-9-18(23)22-14-12-20(22)10-5-2-6-11-20/h3-4,7-8,15H,2,5-6,9-14H2,1H3. The molecule has 0 N–H and O–H groups in total. The predicted molar refractivity (Wildman–Crippen MR) is 95.6 cm³/mol. The van der Waals surface area contributed by atoms with Crippen molar-refractivity contribution in [2.24, 2.45) is 0 Å². The van der Waals surface area contributed by atoms with Crippen LogP contribution in [0.15, 0.2) is 24.3 Å². The van der Waals surface area contributed by atoms with Gasteiger partial charge in [0, 0.05) is 25.0 Å². The molecule has 0 bridgehead atoms. The monoisotopic (exact) mass is 342 g/mol. The molecule has 1 aromatic rings. The molecule has 25 heavy (non-hydrogen) atoms. The Morgan fingerprint density at radius 1 is 1.20 bits per heavy atom. The van der Waals surface area contributed by atoms with Gasteiger partial charge >= 0.3 is 0 Å². The Morgan fingerprint density at radius 3 is 2.68 bits per heavy atom. The summed E-state index contributed by atoms with van der Waals surface area (Å²) < 4.78 is 5.66. The van der Waals surface area contributed by atoms with Crippen LogP contribution in [0, 0.1) is 0 Å². The quantitative estimate of drug-likeness (QED) is 0.848. The van der Waals surface area contributed by atoms with Gasteiger partial charge in [-0.3, -0.25) is 9.59 Å². The molecule has 5 nitrogen and oxygen atoms in total. The maximum atomic E-state index is 12.8. The largest absolute Gasteiger partial charge is 0.479 e. The van der Waals surface area contributed by atoms with Gasteiger partial charge in [-0.1, -0.05) is 31.4 Å². The van der Waals surface area contributed by atoms with Crippen molar-refractivity contribution >= 4 is 17.5 Å². The van der Waals surface area contributed by atoms with Gasteiger partial charge in [-0.15, -0.1) is 0 Å². The molecular weight excluding hydrogens is 316 g/mol. The zero-order valence-corrected chi connectivity index (χ0v) is 14.9. The topological polar surface area (TPSA) is 49.9 Å². The molecule has 1 saturated heterocycles. The van der Waals surface area contributed by atoms with Crippen molar-refractivity contribution in [1.82, 2.24) is 4.90 Å². The van der Waals surface area contributed by atoms with Crippen LogP contribution in [0.5, 0.6) is 5.75 Å². The number of rotatable bonds is 3. The van der Waals surface area contributed by atoms with Gasteiger partial charge in [-0.2, -0.15) is 0 Å². The molecule has 1 aromatic carbocycles. The fourth-order valence-corrected chi connectivity index (χ4v) is 4.59.